The van der Waals surface area contributed by atoms with Gasteiger partial charge < -0.3 is 30.1 Å². The molecule has 0 spiro atoms. The monoisotopic (exact) mass is 579 g/mol. The number of phenols is 1. The third-order valence-electron chi connectivity index (χ3n) is 6.58. The molecule has 0 aromatic heterocycles. The van der Waals surface area contributed by atoms with Gasteiger partial charge in [0, 0.05) is 17.8 Å². The van der Waals surface area contributed by atoms with Gasteiger partial charge in [0.25, 0.3) is 5.91 Å². The van der Waals surface area contributed by atoms with Gasteiger partial charge in [-0.05, 0) is 81.6 Å². The van der Waals surface area contributed by atoms with E-state index < -0.39 is 18.4 Å². The second-order valence-electron chi connectivity index (χ2n) is 9.64. The number of aromatic hydroxyl groups is 1. The molecule has 1 aliphatic heterocycles. The average molecular weight is 580 g/mol. The first-order valence-corrected chi connectivity index (χ1v) is 12.2. The summed E-state index contributed by atoms with van der Waals surface area (Å²) in [5.74, 6) is -0.0256. The van der Waals surface area contributed by atoms with Crippen LogP contribution in [0.5, 0.6) is 17.2 Å². The predicted octanol–water partition coefficient (Wildman–Crippen LogP) is 6.10. The molecule has 1 aliphatic carbocycles. The minimum atomic E-state index is -4.80. The lowest BCUT2D eigenvalue weighted by molar-refractivity contribution is -0.274. The highest BCUT2D eigenvalue weighted by molar-refractivity contribution is 5.96. The van der Waals surface area contributed by atoms with E-state index >= 15 is 0 Å². The molecule has 2 aromatic carbocycles. The number of fused-ring (bicyclic) bond motifs is 1. The fourth-order valence-corrected chi connectivity index (χ4v) is 4.83. The van der Waals surface area contributed by atoms with E-state index in [1.54, 1.807) is 6.07 Å². The molecule has 0 radical (unpaired) electrons. The van der Waals surface area contributed by atoms with Crippen molar-refractivity contribution in [3.05, 3.63) is 41.5 Å². The lowest BCUT2D eigenvalue weighted by atomic mass is 9.92. The minimum absolute atomic E-state index is 0. The van der Waals surface area contributed by atoms with Crippen LogP contribution in [-0.4, -0.2) is 55.6 Å². The van der Waals surface area contributed by atoms with Gasteiger partial charge in [-0.25, -0.2) is 0 Å². The predicted molar refractivity (Wildman–Crippen MR) is 145 cm³/mol. The van der Waals surface area contributed by atoms with E-state index in [4.69, 9.17) is 4.74 Å². The molecule has 1 fully saturated rings. The first-order valence-electron chi connectivity index (χ1n) is 12.2. The Morgan fingerprint density at radius 2 is 1.89 bits per heavy atom. The number of nitrogens with zero attached hydrogens (tertiary/aromatic N) is 1. The van der Waals surface area contributed by atoms with Crippen molar-refractivity contribution in [2.45, 2.75) is 56.9 Å². The summed E-state index contributed by atoms with van der Waals surface area (Å²) in [6, 6.07) is 7.30. The lowest BCUT2D eigenvalue weighted by Crippen LogP contribution is -2.41. The molecule has 2 aromatic rings. The zero-order chi connectivity index (χ0) is 25.9. The summed E-state index contributed by atoms with van der Waals surface area (Å²) in [7, 11) is 4.01. The van der Waals surface area contributed by atoms with E-state index in [0.717, 1.165) is 62.3 Å². The average Bonchev–Trinajstić information content (AvgIpc) is 3.33. The van der Waals surface area contributed by atoms with Crippen LogP contribution in [0.1, 0.15) is 49.1 Å². The molecule has 0 bridgehead atoms. The normalized spacial score (nSPS) is 16.9. The van der Waals surface area contributed by atoms with E-state index in [-0.39, 0.29) is 48.6 Å². The van der Waals surface area contributed by atoms with Crippen LogP contribution in [-0.2, 0) is 11.2 Å². The molecule has 1 atom stereocenters. The van der Waals surface area contributed by atoms with Crippen molar-refractivity contribution in [2.24, 2.45) is 0 Å². The molecule has 38 heavy (non-hydrogen) atoms. The Hall–Kier alpha value is -2.56. The van der Waals surface area contributed by atoms with Crippen LogP contribution >= 0.6 is 24.8 Å². The van der Waals surface area contributed by atoms with Crippen molar-refractivity contribution >= 4 is 42.1 Å². The molecule has 12 heteroatoms. The molecule has 2 aliphatic rings. The Bertz CT molecular complexity index is 1100. The van der Waals surface area contributed by atoms with Gasteiger partial charge in [-0.15, -0.1) is 38.0 Å². The fourth-order valence-electron chi connectivity index (χ4n) is 4.83. The number of phenolic OH excluding ortho intramolecular Hbond substituents is 1. The first-order chi connectivity index (χ1) is 17.1. The summed E-state index contributed by atoms with van der Waals surface area (Å²) < 4.78 is 47.2. The summed E-state index contributed by atoms with van der Waals surface area (Å²) in [6.45, 7) is 0.954. The maximum atomic E-state index is 13.1. The summed E-state index contributed by atoms with van der Waals surface area (Å²) in [6.07, 6.45) is 0.323. The van der Waals surface area contributed by atoms with E-state index in [0.29, 0.717) is 17.3 Å². The number of carbonyl (C=O) groups excluding carboxylic acids is 1. The van der Waals surface area contributed by atoms with Gasteiger partial charge in [0.15, 0.2) is 6.10 Å². The Morgan fingerprint density at radius 1 is 1.18 bits per heavy atom. The highest BCUT2D eigenvalue weighted by Gasteiger charge is 2.32. The Kier molecular flexibility index (Phi) is 11.2. The maximum absolute atomic E-state index is 13.1. The molecule has 4 rings (SSSR count). The number of rotatable bonds is 8. The second-order valence-corrected chi connectivity index (χ2v) is 9.64. The number of alkyl halides is 3. The molecule has 1 saturated carbocycles. The molecule has 1 heterocycles. The zero-order valence-corrected chi connectivity index (χ0v) is 22.9. The molecule has 7 nitrogen and oxygen atoms in total. The third-order valence-corrected chi connectivity index (χ3v) is 6.58. The number of hydrogen-bond donors (Lipinski definition) is 3. The van der Waals surface area contributed by atoms with Crippen LogP contribution < -0.4 is 20.1 Å². The zero-order valence-electron chi connectivity index (χ0n) is 21.3. The standard InChI is InChI=1S/C26H32F3N3O4.2ClH/c1-32(2)11-5-8-17-12-19(16-6-3-4-7-16)22(33)14-20(17)31-25(34)24-15-30-21-13-18(36-26(27,28)29)9-10-23(21)35-24;;/h9-10,12-14,16,24,30,33H,3-8,11,15H2,1-2H3,(H,31,34);2*1H. The van der Waals surface area contributed by atoms with Gasteiger partial charge in [0.2, 0.25) is 0 Å². The Balaban J connectivity index is 0.00000253. The number of anilines is 2. The second kappa shape index (κ2) is 13.5. The smallest absolute Gasteiger partial charge is 0.508 e. The summed E-state index contributed by atoms with van der Waals surface area (Å²) in [4.78, 5) is 15.2. The quantitative estimate of drug-likeness (QED) is 0.350. The Morgan fingerprint density at radius 3 is 2.55 bits per heavy atom. The molecular formula is C26H34Cl2F3N3O4. The SMILES string of the molecule is CN(C)CCCc1cc(C2CCCC2)c(O)cc1NC(=O)C1CNc2cc(OC(F)(F)F)ccc2O1.Cl.Cl. The molecular weight excluding hydrogens is 546 g/mol. The summed E-state index contributed by atoms with van der Waals surface area (Å²) in [5.41, 5.74) is 2.75. The maximum Gasteiger partial charge on any atom is 0.573 e. The van der Waals surface area contributed by atoms with Crippen LogP contribution in [0.3, 0.4) is 0 Å². The topological polar surface area (TPSA) is 83.1 Å². The van der Waals surface area contributed by atoms with Gasteiger partial charge in [-0.3, -0.25) is 4.79 Å². The molecule has 1 amide bonds. The third kappa shape index (κ3) is 8.22. The van der Waals surface area contributed by atoms with E-state index in [9.17, 15) is 23.1 Å². The van der Waals surface area contributed by atoms with Crippen LogP contribution in [0.25, 0.3) is 0 Å². The highest BCUT2D eigenvalue weighted by Crippen LogP contribution is 2.41. The summed E-state index contributed by atoms with van der Waals surface area (Å²) >= 11 is 0. The number of hydrogen-bond acceptors (Lipinski definition) is 6. The minimum Gasteiger partial charge on any atom is -0.508 e. The van der Waals surface area contributed by atoms with Crippen LogP contribution in [0, 0.1) is 0 Å². The largest absolute Gasteiger partial charge is 0.573 e. The summed E-state index contributed by atoms with van der Waals surface area (Å²) in [5, 5.41) is 16.6. The number of benzene rings is 2. The van der Waals surface area contributed by atoms with Crippen molar-refractivity contribution in [1.82, 2.24) is 4.90 Å². The fraction of sp³-hybridized carbons (Fsp3) is 0.500. The number of ether oxygens (including phenoxy) is 2. The highest BCUT2D eigenvalue weighted by atomic mass is 35.5. The van der Waals surface area contributed by atoms with Gasteiger partial charge in [0.1, 0.15) is 17.2 Å². The van der Waals surface area contributed by atoms with E-state index in [1.165, 1.54) is 12.1 Å². The van der Waals surface area contributed by atoms with Crippen molar-refractivity contribution < 1.29 is 32.5 Å². The first kappa shape index (κ1) is 31.7. The van der Waals surface area contributed by atoms with Gasteiger partial charge in [-0.1, -0.05) is 12.8 Å². The lowest BCUT2D eigenvalue weighted by Gasteiger charge is -2.27. The van der Waals surface area contributed by atoms with Crippen LogP contribution in [0.4, 0.5) is 24.5 Å². The van der Waals surface area contributed by atoms with E-state index in [2.05, 4.69) is 20.3 Å². The van der Waals surface area contributed by atoms with Crippen molar-refractivity contribution in [1.29, 1.82) is 0 Å². The molecule has 3 N–H and O–H groups in total. The van der Waals surface area contributed by atoms with Gasteiger partial charge in [-0.2, -0.15) is 0 Å². The number of carbonyl (C=O) groups is 1. The molecule has 212 valence electrons. The number of amides is 1. The molecule has 0 saturated heterocycles. The van der Waals surface area contributed by atoms with Crippen LogP contribution in [0.15, 0.2) is 30.3 Å². The number of halogens is 5. The molecule has 1 unspecified atom stereocenters. The van der Waals surface area contributed by atoms with Crippen molar-refractivity contribution in [2.75, 3.05) is 37.8 Å². The van der Waals surface area contributed by atoms with Gasteiger partial charge >= 0.3 is 6.36 Å². The number of aryl methyl sites for hydroxylation is 1. The van der Waals surface area contributed by atoms with Crippen molar-refractivity contribution in [3.63, 3.8) is 0 Å². The van der Waals surface area contributed by atoms with Crippen molar-refractivity contribution in [3.8, 4) is 17.2 Å². The Labute approximate surface area is 232 Å². The van der Waals surface area contributed by atoms with Gasteiger partial charge in [0.05, 0.1) is 12.2 Å². The van der Waals surface area contributed by atoms with Crippen LogP contribution in [0.2, 0.25) is 0 Å². The van der Waals surface area contributed by atoms with E-state index in [1.807, 2.05) is 20.2 Å². The number of nitrogens with one attached hydrogen (secondary N) is 2.